The molecule has 3 heterocycles. The smallest absolute Gasteiger partial charge is 0.355 e. The molecule has 162 valence electrons. The predicted molar refractivity (Wildman–Crippen MR) is 117 cm³/mol. The summed E-state index contributed by atoms with van der Waals surface area (Å²) in [4.78, 5) is 47.1. The number of hydrogen-bond donors (Lipinski definition) is 2. The van der Waals surface area contributed by atoms with Gasteiger partial charge in [-0.15, -0.1) is 0 Å². The Kier molecular flexibility index (Phi) is 5.26. The number of H-pyrrole nitrogens is 2. The molecule has 0 spiro atoms. The third-order valence-electron chi connectivity index (χ3n) is 5.48. The molecule has 0 unspecified atom stereocenters. The molecule has 31 heavy (non-hydrogen) atoms. The fraction of sp³-hybridized carbons (Fsp3) is 0.364. The first-order valence-electron chi connectivity index (χ1n) is 10.3. The van der Waals surface area contributed by atoms with Crippen LogP contribution in [0.3, 0.4) is 0 Å². The summed E-state index contributed by atoms with van der Waals surface area (Å²) in [6.45, 7) is 6.33. The van der Waals surface area contributed by atoms with Gasteiger partial charge in [0.25, 0.3) is 5.56 Å². The average Bonchev–Trinajstić information content (AvgIpc) is 3.28. The molecule has 0 atom stereocenters. The summed E-state index contributed by atoms with van der Waals surface area (Å²) >= 11 is 0. The molecule has 0 saturated heterocycles. The Morgan fingerprint density at radius 2 is 1.94 bits per heavy atom. The van der Waals surface area contributed by atoms with Gasteiger partial charge in [0.05, 0.1) is 0 Å². The number of esters is 1. The second-order valence-corrected chi connectivity index (χ2v) is 7.83. The first kappa shape index (κ1) is 20.6. The first-order chi connectivity index (χ1) is 14.8. The van der Waals surface area contributed by atoms with Crippen molar-refractivity contribution < 1.29 is 9.53 Å². The number of unbranched alkanes of at least 4 members (excludes halogenated alkanes) is 1. The standard InChI is InChI=1S/C22H25N5O4/c1-5-6-7-27-19-18(20(28)25-22(27)30)26(4)17(24-19)11-31-21(29)16-10-14-13(3)8-12(2)9-15(14)23-16/h8-10,23H,5-7,11H2,1-4H3,(H,25,28,30). The molecular formula is C22H25N5O4. The van der Waals surface area contributed by atoms with Gasteiger partial charge in [-0.05, 0) is 43.5 Å². The third-order valence-corrected chi connectivity index (χ3v) is 5.48. The van der Waals surface area contributed by atoms with Gasteiger partial charge < -0.3 is 14.3 Å². The molecule has 0 aliphatic carbocycles. The predicted octanol–water partition coefficient (Wildman–Crippen LogP) is 2.68. The van der Waals surface area contributed by atoms with Gasteiger partial charge in [-0.25, -0.2) is 14.6 Å². The van der Waals surface area contributed by atoms with Crippen LogP contribution < -0.4 is 11.2 Å². The van der Waals surface area contributed by atoms with Gasteiger partial charge in [-0.3, -0.25) is 14.3 Å². The van der Waals surface area contributed by atoms with Gasteiger partial charge in [0.1, 0.15) is 18.1 Å². The van der Waals surface area contributed by atoms with E-state index in [0.717, 1.165) is 34.9 Å². The van der Waals surface area contributed by atoms with Crippen LogP contribution >= 0.6 is 0 Å². The quantitative estimate of drug-likeness (QED) is 0.463. The number of imidazole rings is 1. The summed E-state index contributed by atoms with van der Waals surface area (Å²) in [5.41, 5.74) is 2.97. The van der Waals surface area contributed by atoms with Crippen molar-refractivity contribution in [3.05, 3.63) is 61.7 Å². The highest BCUT2D eigenvalue weighted by molar-refractivity contribution is 5.96. The van der Waals surface area contributed by atoms with Crippen LogP contribution in [-0.4, -0.2) is 30.1 Å². The topological polar surface area (TPSA) is 115 Å². The Balaban J connectivity index is 1.63. The van der Waals surface area contributed by atoms with E-state index in [0.29, 0.717) is 23.7 Å². The lowest BCUT2D eigenvalue weighted by molar-refractivity contribution is 0.0454. The summed E-state index contributed by atoms with van der Waals surface area (Å²) in [6.07, 6.45) is 1.68. The van der Waals surface area contributed by atoms with Crippen LogP contribution in [0, 0.1) is 13.8 Å². The zero-order chi connectivity index (χ0) is 22.3. The molecular weight excluding hydrogens is 398 g/mol. The molecule has 0 fully saturated rings. The molecule has 0 bridgehead atoms. The summed E-state index contributed by atoms with van der Waals surface area (Å²) < 4.78 is 8.47. The minimum absolute atomic E-state index is 0.126. The van der Waals surface area contributed by atoms with Crippen molar-refractivity contribution in [3.63, 3.8) is 0 Å². The highest BCUT2D eigenvalue weighted by Crippen LogP contribution is 2.22. The maximum atomic E-state index is 12.6. The molecule has 0 aliphatic rings. The van der Waals surface area contributed by atoms with Crippen molar-refractivity contribution in [2.75, 3.05) is 0 Å². The molecule has 4 rings (SSSR count). The highest BCUT2D eigenvalue weighted by Gasteiger charge is 2.19. The minimum Gasteiger partial charge on any atom is -0.453 e. The van der Waals surface area contributed by atoms with E-state index in [1.54, 1.807) is 17.7 Å². The van der Waals surface area contributed by atoms with Crippen LogP contribution in [0.25, 0.3) is 22.1 Å². The zero-order valence-electron chi connectivity index (χ0n) is 18.0. The van der Waals surface area contributed by atoms with E-state index in [-0.39, 0.29) is 12.1 Å². The number of nitrogens with zero attached hydrogens (tertiary/aromatic N) is 3. The molecule has 0 amide bonds. The molecule has 9 nitrogen and oxygen atoms in total. The fourth-order valence-electron chi connectivity index (χ4n) is 3.86. The SMILES string of the molecule is CCCCn1c(=O)[nH]c(=O)c2c1nc(COC(=O)c1cc3c(C)cc(C)cc3[nH]1)n2C. The van der Waals surface area contributed by atoms with E-state index in [1.165, 1.54) is 4.57 Å². The van der Waals surface area contributed by atoms with Gasteiger partial charge in [0, 0.05) is 24.5 Å². The van der Waals surface area contributed by atoms with E-state index >= 15 is 0 Å². The van der Waals surface area contributed by atoms with Crippen LogP contribution in [0.4, 0.5) is 0 Å². The maximum absolute atomic E-state index is 12.6. The fourth-order valence-corrected chi connectivity index (χ4v) is 3.86. The second kappa shape index (κ2) is 7.90. The number of carbonyl (C=O) groups excluding carboxylic acids is 1. The molecule has 3 aromatic heterocycles. The van der Waals surface area contributed by atoms with Crippen LogP contribution in [0.15, 0.2) is 27.8 Å². The van der Waals surface area contributed by atoms with E-state index < -0.39 is 17.2 Å². The Hall–Kier alpha value is -3.62. The third kappa shape index (κ3) is 3.67. The summed E-state index contributed by atoms with van der Waals surface area (Å²) in [6, 6.07) is 5.81. The lowest BCUT2D eigenvalue weighted by Crippen LogP contribution is -2.31. The minimum atomic E-state index is -0.516. The number of aromatic nitrogens is 5. The van der Waals surface area contributed by atoms with Gasteiger partial charge >= 0.3 is 11.7 Å². The van der Waals surface area contributed by atoms with E-state index in [4.69, 9.17) is 4.74 Å². The van der Waals surface area contributed by atoms with Crippen molar-refractivity contribution >= 4 is 28.0 Å². The number of hydrogen-bond acceptors (Lipinski definition) is 5. The second-order valence-electron chi connectivity index (χ2n) is 7.83. The Morgan fingerprint density at radius 1 is 1.16 bits per heavy atom. The summed E-state index contributed by atoms with van der Waals surface area (Å²) in [5.74, 6) is -0.134. The van der Waals surface area contributed by atoms with E-state index in [2.05, 4.69) is 21.0 Å². The van der Waals surface area contributed by atoms with Crippen molar-refractivity contribution in [1.29, 1.82) is 0 Å². The summed E-state index contributed by atoms with van der Waals surface area (Å²) in [7, 11) is 1.66. The molecule has 0 aliphatic heterocycles. The van der Waals surface area contributed by atoms with E-state index in [1.807, 2.05) is 26.8 Å². The molecule has 0 radical (unpaired) electrons. The molecule has 4 aromatic rings. The Morgan fingerprint density at radius 3 is 2.68 bits per heavy atom. The van der Waals surface area contributed by atoms with Crippen LogP contribution in [0.5, 0.6) is 0 Å². The van der Waals surface area contributed by atoms with Crippen molar-refractivity contribution in [3.8, 4) is 0 Å². The van der Waals surface area contributed by atoms with Gasteiger partial charge in [-0.2, -0.15) is 0 Å². The van der Waals surface area contributed by atoms with Crippen LogP contribution in [0.1, 0.15) is 47.2 Å². The zero-order valence-corrected chi connectivity index (χ0v) is 18.0. The number of rotatable bonds is 6. The maximum Gasteiger partial charge on any atom is 0.355 e. The molecule has 2 N–H and O–H groups in total. The average molecular weight is 423 g/mol. The normalized spacial score (nSPS) is 11.5. The monoisotopic (exact) mass is 423 g/mol. The number of benzene rings is 1. The largest absolute Gasteiger partial charge is 0.453 e. The molecule has 9 heteroatoms. The number of nitrogens with one attached hydrogen (secondary N) is 2. The first-order valence-corrected chi connectivity index (χ1v) is 10.3. The van der Waals surface area contributed by atoms with Gasteiger partial charge in [0.2, 0.25) is 0 Å². The molecule has 0 saturated carbocycles. The number of aryl methyl sites for hydroxylation is 4. The van der Waals surface area contributed by atoms with Crippen molar-refractivity contribution in [2.45, 2.75) is 46.8 Å². The Bertz CT molecular complexity index is 1420. The lowest BCUT2D eigenvalue weighted by atomic mass is 10.1. The van der Waals surface area contributed by atoms with Crippen molar-refractivity contribution in [1.82, 2.24) is 24.1 Å². The summed E-state index contributed by atoms with van der Waals surface area (Å²) in [5, 5.41) is 0.965. The van der Waals surface area contributed by atoms with Crippen molar-refractivity contribution in [2.24, 2.45) is 7.05 Å². The lowest BCUT2D eigenvalue weighted by Gasteiger charge is -2.04. The van der Waals surface area contributed by atoms with Gasteiger partial charge in [-0.1, -0.05) is 19.4 Å². The van der Waals surface area contributed by atoms with Crippen LogP contribution in [-0.2, 0) is 24.9 Å². The Labute approximate surface area is 177 Å². The van der Waals surface area contributed by atoms with Crippen LogP contribution in [0.2, 0.25) is 0 Å². The van der Waals surface area contributed by atoms with E-state index in [9.17, 15) is 14.4 Å². The number of fused-ring (bicyclic) bond motifs is 2. The number of ether oxygens (including phenoxy) is 1. The number of aromatic amines is 2. The van der Waals surface area contributed by atoms with Gasteiger partial charge in [0.15, 0.2) is 11.2 Å². The highest BCUT2D eigenvalue weighted by atomic mass is 16.5. The number of carbonyl (C=O) groups is 1. The molecule has 1 aromatic carbocycles.